The molecule has 1 aromatic carbocycles. The molecule has 0 unspecified atom stereocenters. The lowest BCUT2D eigenvalue weighted by atomic mass is 10.2. The molecule has 1 aromatic heterocycles. The van der Waals surface area contributed by atoms with Gasteiger partial charge in [-0.2, -0.15) is 0 Å². The van der Waals surface area contributed by atoms with Crippen LogP contribution in [0.2, 0.25) is 5.02 Å². The summed E-state index contributed by atoms with van der Waals surface area (Å²) in [5.74, 6) is 0.666. The quantitative estimate of drug-likeness (QED) is 0.727. The van der Waals surface area contributed by atoms with Gasteiger partial charge in [0.2, 0.25) is 11.8 Å². The molecule has 122 valence electrons. The molecule has 0 aliphatic heterocycles. The maximum absolute atomic E-state index is 11.8. The monoisotopic (exact) mass is 334 g/mol. The summed E-state index contributed by atoms with van der Waals surface area (Å²) in [6.07, 6.45) is 3.49. The first kappa shape index (κ1) is 17.1. The van der Waals surface area contributed by atoms with Crippen molar-refractivity contribution in [2.24, 2.45) is 0 Å². The summed E-state index contributed by atoms with van der Waals surface area (Å²) in [7, 11) is 0. The minimum atomic E-state index is -0.0860. The zero-order valence-corrected chi connectivity index (χ0v) is 13.4. The maximum Gasteiger partial charge on any atom is 0.224 e. The van der Waals surface area contributed by atoms with E-state index < -0.39 is 0 Å². The van der Waals surface area contributed by atoms with Crippen LogP contribution in [0.1, 0.15) is 25.0 Å². The standard InChI is InChI=1S/C17H19ClN2O3/c18-13-5-7-14(8-6-13)20-17(22)4-1-11-19-16(21)10-9-15-3-2-12-23-15/h2-3,5-8,12H,1,4,9-11H2,(H,19,21)(H,20,22). The van der Waals surface area contributed by atoms with E-state index >= 15 is 0 Å². The average molecular weight is 335 g/mol. The Hall–Kier alpha value is -2.27. The third-order valence-electron chi connectivity index (χ3n) is 3.21. The molecule has 0 saturated heterocycles. The lowest BCUT2D eigenvalue weighted by Gasteiger charge is -2.06. The zero-order chi connectivity index (χ0) is 16.5. The van der Waals surface area contributed by atoms with Gasteiger partial charge in [0, 0.05) is 36.5 Å². The van der Waals surface area contributed by atoms with Crippen LogP contribution in [0.25, 0.3) is 0 Å². The van der Waals surface area contributed by atoms with E-state index in [2.05, 4.69) is 10.6 Å². The summed E-state index contributed by atoms with van der Waals surface area (Å²) in [6.45, 7) is 0.477. The molecule has 0 atom stereocenters. The topological polar surface area (TPSA) is 71.3 Å². The van der Waals surface area contributed by atoms with Crippen LogP contribution in [0.5, 0.6) is 0 Å². The van der Waals surface area contributed by atoms with Crippen LogP contribution in [0, 0.1) is 0 Å². The van der Waals surface area contributed by atoms with Gasteiger partial charge in [-0.1, -0.05) is 11.6 Å². The van der Waals surface area contributed by atoms with E-state index in [0.29, 0.717) is 42.9 Å². The number of carbonyl (C=O) groups excluding carboxylic acids is 2. The fourth-order valence-electron chi connectivity index (χ4n) is 2.01. The van der Waals surface area contributed by atoms with Crippen LogP contribution in [0.3, 0.4) is 0 Å². The van der Waals surface area contributed by atoms with Gasteiger partial charge < -0.3 is 15.1 Å². The van der Waals surface area contributed by atoms with Gasteiger partial charge >= 0.3 is 0 Å². The molecular formula is C17H19ClN2O3. The number of nitrogens with one attached hydrogen (secondary N) is 2. The van der Waals surface area contributed by atoms with Crippen molar-refractivity contribution in [3.8, 4) is 0 Å². The van der Waals surface area contributed by atoms with E-state index in [1.54, 1.807) is 36.6 Å². The van der Waals surface area contributed by atoms with E-state index in [4.69, 9.17) is 16.0 Å². The summed E-state index contributed by atoms with van der Waals surface area (Å²) in [6, 6.07) is 10.6. The van der Waals surface area contributed by atoms with Crippen molar-refractivity contribution < 1.29 is 14.0 Å². The fourth-order valence-corrected chi connectivity index (χ4v) is 2.14. The van der Waals surface area contributed by atoms with Gasteiger partial charge in [-0.05, 0) is 42.8 Å². The number of hydrogen-bond acceptors (Lipinski definition) is 3. The number of benzene rings is 1. The minimum absolute atomic E-state index is 0.0421. The number of furan rings is 1. The Morgan fingerprint density at radius 1 is 1.04 bits per heavy atom. The Bertz CT molecular complexity index is 624. The van der Waals surface area contributed by atoms with Gasteiger partial charge in [-0.3, -0.25) is 9.59 Å². The number of rotatable bonds is 8. The Balaban J connectivity index is 1.56. The van der Waals surface area contributed by atoms with Crippen LogP contribution in [0.15, 0.2) is 47.1 Å². The highest BCUT2D eigenvalue weighted by atomic mass is 35.5. The Morgan fingerprint density at radius 2 is 1.83 bits per heavy atom. The molecule has 6 heteroatoms. The second-order valence-electron chi connectivity index (χ2n) is 5.09. The van der Waals surface area contributed by atoms with Gasteiger partial charge in [0.25, 0.3) is 0 Å². The van der Waals surface area contributed by atoms with Crippen LogP contribution in [-0.4, -0.2) is 18.4 Å². The molecule has 23 heavy (non-hydrogen) atoms. The number of carbonyl (C=O) groups is 2. The predicted octanol–water partition coefficient (Wildman–Crippen LogP) is 3.40. The van der Waals surface area contributed by atoms with Gasteiger partial charge in [-0.15, -0.1) is 0 Å². The van der Waals surface area contributed by atoms with E-state index in [1.807, 2.05) is 6.07 Å². The van der Waals surface area contributed by atoms with E-state index in [1.165, 1.54) is 0 Å². The van der Waals surface area contributed by atoms with Gasteiger partial charge in [0.1, 0.15) is 5.76 Å². The third-order valence-corrected chi connectivity index (χ3v) is 3.46. The van der Waals surface area contributed by atoms with Crippen LogP contribution in [0.4, 0.5) is 5.69 Å². The molecule has 0 saturated carbocycles. The zero-order valence-electron chi connectivity index (χ0n) is 12.7. The predicted molar refractivity (Wildman–Crippen MR) is 89.4 cm³/mol. The molecule has 1 heterocycles. The van der Waals surface area contributed by atoms with Crippen LogP contribution in [-0.2, 0) is 16.0 Å². The minimum Gasteiger partial charge on any atom is -0.469 e. The lowest BCUT2D eigenvalue weighted by molar-refractivity contribution is -0.121. The second kappa shape index (κ2) is 9.00. The fraction of sp³-hybridized carbons (Fsp3) is 0.294. The largest absolute Gasteiger partial charge is 0.469 e. The van der Waals surface area contributed by atoms with E-state index in [-0.39, 0.29) is 11.8 Å². The van der Waals surface area contributed by atoms with Gasteiger partial charge in [-0.25, -0.2) is 0 Å². The van der Waals surface area contributed by atoms with Crippen molar-refractivity contribution in [1.29, 1.82) is 0 Å². The van der Waals surface area contributed by atoms with Crippen molar-refractivity contribution in [2.75, 3.05) is 11.9 Å². The highest BCUT2D eigenvalue weighted by molar-refractivity contribution is 6.30. The number of aryl methyl sites for hydroxylation is 1. The molecule has 2 amide bonds. The molecular weight excluding hydrogens is 316 g/mol. The number of halogens is 1. The van der Waals surface area contributed by atoms with Crippen molar-refractivity contribution in [3.63, 3.8) is 0 Å². The first-order chi connectivity index (χ1) is 11.1. The van der Waals surface area contributed by atoms with Crippen molar-refractivity contribution in [2.45, 2.75) is 25.7 Å². The summed E-state index contributed by atoms with van der Waals surface area (Å²) in [5, 5.41) is 6.20. The summed E-state index contributed by atoms with van der Waals surface area (Å²) >= 11 is 5.78. The first-order valence-corrected chi connectivity index (χ1v) is 7.86. The average Bonchev–Trinajstić information content (AvgIpc) is 3.05. The molecule has 0 aliphatic carbocycles. The Labute approximate surface area is 140 Å². The molecule has 2 rings (SSSR count). The smallest absolute Gasteiger partial charge is 0.224 e. The molecule has 0 radical (unpaired) electrons. The van der Waals surface area contributed by atoms with Crippen molar-refractivity contribution >= 4 is 29.1 Å². The second-order valence-corrected chi connectivity index (χ2v) is 5.52. The molecule has 0 spiro atoms. The summed E-state index contributed by atoms with van der Waals surface area (Å²) in [4.78, 5) is 23.4. The first-order valence-electron chi connectivity index (χ1n) is 7.48. The molecule has 0 bridgehead atoms. The van der Waals surface area contributed by atoms with E-state index in [9.17, 15) is 9.59 Å². The highest BCUT2D eigenvalue weighted by Gasteiger charge is 2.05. The number of anilines is 1. The molecule has 2 aromatic rings. The van der Waals surface area contributed by atoms with Crippen LogP contribution < -0.4 is 10.6 Å². The molecule has 0 aliphatic rings. The summed E-state index contributed by atoms with van der Waals surface area (Å²) in [5.41, 5.74) is 0.710. The lowest BCUT2D eigenvalue weighted by Crippen LogP contribution is -2.25. The van der Waals surface area contributed by atoms with Gasteiger partial charge in [0.05, 0.1) is 6.26 Å². The third kappa shape index (κ3) is 6.57. The molecule has 2 N–H and O–H groups in total. The normalized spacial score (nSPS) is 10.3. The molecule has 0 fully saturated rings. The molecule has 5 nitrogen and oxygen atoms in total. The SMILES string of the molecule is O=C(CCc1ccco1)NCCCC(=O)Nc1ccc(Cl)cc1. The summed E-state index contributed by atoms with van der Waals surface area (Å²) < 4.78 is 5.16. The van der Waals surface area contributed by atoms with E-state index in [0.717, 1.165) is 5.76 Å². The number of hydrogen-bond donors (Lipinski definition) is 2. The Morgan fingerprint density at radius 3 is 2.52 bits per heavy atom. The van der Waals surface area contributed by atoms with Crippen molar-refractivity contribution in [1.82, 2.24) is 5.32 Å². The van der Waals surface area contributed by atoms with Crippen molar-refractivity contribution in [3.05, 3.63) is 53.4 Å². The Kier molecular flexibility index (Phi) is 6.69. The highest BCUT2D eigenvalue weighted by Crippen LogP contribution is 2.13. The maximum atomic E-state index is 11.8. The van der Waals surface area contributed by atoms with Crippen LogP contribution >= 0.6 is 11.6 Å². The van der Waals surface area contributed by atoms with Gasteiger partial charge in [0.15, 0.2) is 0 Å². The number of amides is 2.